The van der Waals surface area contributed by atoms with Crippen molar-refractivity contribution in [2.24, 2.45) is 0 Å². The number of hydrogen-bond donors (Lipinski definition) is 1. The Morgan fingerprint density at radius 1 is 1.11 bits per heavy atom. The van der Waals surface area contributed by atoms with Gasteiger partial charge in [0.1, 0.15) is 5.82 Å². The van der Waals surface area contributed by atoms with Gasteiger partial charge in [-0.25, -0.2) is 12.8 Å². The molecule has 0 aliphatic carbocycles. The molecule has 0 bridgehead atoms. The Balaban J connectivity index is 1.55. The van der Waals surface area contributed by atoms with Crippen LogP contribution in [0, 0.1) is 12.7 Å². The summed E-state index contributed by atoms with van der Waals surface area (Å²) in [7, 11) is -3.66. The molecule has 2 aromatic rings. The average Bonchev–Trinajstić information content (AvgIpc) is 2.65. The smallest absolute Gasteiger partial charge is 0.243 e. The Morgan fingerprint density at radius 3 is 2.39 bits per heavy atom. The lowest BCUT2D eigenvalue weighted by Crippen LogP contribution is -2.50. The summed E-state index contributed by atoms with van der Waals surface area (Å²) in [4.78, 5) is 14.3. The minimum absolute atomic E-state index is 0.0662. The monoisotopic (exact) mass is 425 g/mol. The lowest BCUT2D eigenvalue weighted by molar-refractivity contribution is -0.117. The Kier molecular flexibility index (Phi) is 6.34. The predicted octanol–water partition coefficient (Wildman–Crippen LogP) is 2.73. The van der Waals surface area contributed by atoms with Crippen LogP contribution >= 0.6 is 11.6 Å². The van der Waals surface area contributed by atoms with Crippen LogP contribution in [0.5, 0.6) is 0 Å². The second-order valence-corrected chi connectivity index (χ2v) is 9.02. The lowest BCUT2D eigenvalue weighted by Gasteiger charge is -2.33. The highest BCUT2D eigenvalue weighted by Crippen LogP contribution is 2.21. The first-order valence-corrected chi connectivity index (χ1v) is 10.6. The molecule has 0 aromatic heterocycles. The van der Waals surface area contributed by atoms with E-state index in [0.29, 0.717) is 23.8 Å². The maximum absolute atomic E-state index is 13.0. The number of sulfonamides is 1. The first-order valence-electron chi connectivity index (χ1n) is 8.80. The van der Waals surface area contributed by atoms with Crippen molar-refractivity contribution < 1.29 is 17.6 Å². The number of anilines is 1. The second-order valence-electron chi connectivity index (χ2n) is 6.64. The quantitative estimate of drug-likeness (QED) is 0.799. The van der Waals surface area contributed by atoms with Crippen LogP contribution < -0.4 is 5.32 Å². The van der Waals surface area contributed by atoms with Crippen LogP contribution in [0.2, 0.25) is 5.02 Å². The molecule has 2 aromatic carbocycles. The van der Waals surface area contributed by atoms with Crippen molar-refractivity contribution in [3.05, 3.63) is 58.9 Å². The summed E-state index contributed by atoms with van der Waals surface area (Å²) >= 11 is 5.97. The number of carbonyl (C=O) groups excluding carboxylic acids is 1. The van der Waals surface area contributed by atoms with E-state index in [-0.39, 0.29) is 30.4 Å². The molecule has 1 heterocycles. The van der Waals surface area contributed by atoms with E-state index >= 15 is 0 Å². The molecule has 3 rings (SSSR count). The van der Waals surface area contributed by atoms with Crippen molar-refractivity contribution >= 4 is 33.2 Å². The number of piperazine rings is 1. The fraction of sp³-hybridized carbons (Fsp3) is 0.316. The SMILES string of the molecule is Cc1ccc(Cl)cc1NC(=O)CN1CCN(S(=O)(=O)c2ccc(F)cc2)CC1. The molecule has 150 valence electrons. The van der Waals surface area contributed by atoms with Crippen molar-refractivity contribution in [3.63, 3.8) is 0 Å². The molecule has 1 aliphatic heterocycles. The zero-order chi connectivity index (χ0) is 20.3. The number of nitrogens with one attached hydrogen (secondary N) is 1. The number of benzene rings is 2. The van der Waals surface area contributed by atoms with Crippen molar-refractivity contribution in [1.82, 2.24) is 9.21 Å². The van der Waals surface area contributed by atoms with Gasteiger partial charge in [0.05, 0.1) is 11.4 Å². The fourth-order valence-corrected chi connectivity index (χ4v) is 4.60. The molecule has 9 heteroatoms. The number of aryl methyl sites for hydroxylation is 1. The fourth-order valence-electron chi connectivity index (χ4n) is 3.01. The van der Waals surface area contributed by atoms with E-state index in [1.54, 1.807) is 12.1 Å². The highest BCUT2D eigenvalue weighted by Gasteiger charge is 2.29. The number of amides is 1. The van der Waals surface area contributed by atoms with Crippen LogP contribution in [0.25, 0.3) is 0 Å². The van der Waals surface area contributed by atoms with Gasteiger partial charge in [0.25, 0.3) is 0 Å². The molecule has 1 aliphatic rings. The maximum atomic E-state index is 13.0. The molecule has 28 heavy (non-hydrogen) atoms. The normalized spacial score (nSPS) is 16.1. The van der Waals surface area contributed by atoms with Crippen molar-refractivity contribution in [2.75, 3.05) is 38.0 Å². The van der Waals surface area contributed by atoms with Gasteiger partial charge >= 0.3 is 0 Å². The minimum atomic E-state index is -3.66. The summed E-state index contributed by atoms with van der Waals surface area (Å²) in [5.74, 6) is -0.662. The highest BCUT2D eigenvalue weighted by atomic mass is 35.5. The van der Waals surface area contributed by atoms with Crippen LogP contribution in [0.1, 0.15) is 5.56 Å². The molecule has 1 saturated heterocycles. The van der Waals surface area contributed by atoms with Crippen LogP contribution in [0.4, 0.5) is 10.1 Å². The van der Waals surface area contributed by atoms with Crippen LogP contribution in [0.15, 0.2) is 47.4 Å². The Hall–Kier alpha value is -2.00. The van der Waals surface area contributed by atoms with Crippen LogP contribution in [-0.2, 0) is 14.8 Å². The summed E-state index contributed by atoms with van der Waals surface area (Å²) in [5, 5.41) is 3.38. The molecule has 0 saturated carbocycles. The molecule has 1 N–H and O–H groups in total. The van der Waals surface area contributed by atoms with Crippen molar-refractivity contribution in [2.45, 2.75) is 11.8 Å². The van der Waals surface area contributed by atoms with Gasteiger partial charge < -0.3 is 5.32 Å². The number of nitrogens with zero attached hydrogens (tertiary/aromatic N) is 2. The largest absolute Gasteiger partial charge is 0.325 e. The molecule has 1 amide bonds. The first kappa shape index (κ1) is 20.7. The Bertz CT molecular complexity index is 959. The van der Waals surface area contributed by atoms with Crippen molar-refractivity contribution in [1.29, 1.82) is 0 Å². The third-order valence-corrected chi connectivity index (χ3v) is 6.77. The number of halogens is 2. The van der Waals surface area contributed by atoms with E-state index in [1.165, 1.54) is 16.4 Å². The van der Waals surface area contributed by atoms with Gasteiger partial charge in [-0.15, -0.1) is 0 Å². The van der Waals surface area contributed by atoms with E-state index in [1.807, 2.05) is 17.9 Å². The highest BCUT2D eigenvalue weighted by molar-refractivity contribution is 7.89. The zero-order valence-electron chi connectivity index (χ0n) is 15.4. The summed E-state index contributed by atoms with van der Waals surface area (Å²) < 4.78 is 39.7. The Labute approximate surface area is 168 Å². The second kappa shape index (κ2) is 8.57. The van der Waals surface area contributed by atoms with Gasteiger partial charge in [0, 0.05) is 36.9 Å². The van der Waals surface area contributed by atoms with Crippen LogP contribution in [-0.4, -0.2) is 56.3 Å². The maximum Gasteiger partial charge on any atom is 0.243 e. The minimum Gasteiger partial charge on any atom is -0.325 e. The number of rotatable bonds is 5. The molecule has 6 nitrogen and oxygen atoms in total. The van der Waals surface area contributed by atoms with Gasteiger partial charge in [0.2, 0.25) is 15.9 Å². The van der Waals surface area contributed by atoms with Gasteiger partial charge in [0.15, 0.2) is 0 Å². The topological polar surface area (TPSA) is 69.7 Å². The third kappa shape index (κ3) is 4.88. The average molecular weight is 426 g/mol. The van der Waals surface area contributed by atoms with Gasteiger partial charge in [-0.2, -0.15) is 4.31 Å². The summed E-state index contributed by atoms with van der Waals surface area (Å²) in [6.07, 6.45) is 0. The summed E-state index contributed by atoms with van der Waals surface area (Å²) in [6.45, 7) is 3.44. The predicted molar refractivity (Wildman–Crippen MR) is 106 cm³/mol. The molecule has 0 radical (unpaired) electrons. The third-order valence-electron chi connectivity index (χ3n) is 4.62. The standard InChI is InChI=1S/C19H21ClFN3O3S/c1-14-2-3-15(20)12-18(14)22-19(25)13-23-8-10-24(11-9-23)28(26,27)17-6-4-16(21)5-7-17/h2-7,12H,8-11,13H2,1H3,(H,22,25). The molecular weight excluding hydrogens is 405 g/mol. The summed E-state index contributed by atoms with van der Waals surface area (Å²) in [6, 6.07) is 10.1. The number of hydrogen-bond acceptors (Lipinski definition) is 4. The van der Waals surface area contributed by atoms with Gasteiger partial charge in [-0.05, 0) is 48.9 Å². The lowest BCUT2D eigenvalue weighted by atomic mass is 10.2. The van der Waals surface area contributed by atoms with E-state index in [9.17, 15) is 17.6 Å². The van der Waals surface area contributed by atoms with Crippen molar-refractivity contribution in [3.8, 4) is 0 Å². The molecule has 0 unspecified atom stereocenters. The molecule has 1 fully saturated rings. The molecular formula is C19H21ClFN3O3S. The zero-order valence-corrected chi connectivity index (χ0v) is 16.9. The molecule has 0 atom stereocenters. The summed E-state index contributed by atoms with van der Waals surface area (Å²) in [5.41, 5.74) is 1.57. The van der Waals surface area contributed by atoms with E-state index < -0.39 is 15.8 Å². The molecule has 0 spiro atoms. The van der Waals surface area contributed by atoms with Gasteiger partial charge in [-0.1, -0.05) is 17.7 Å². The van der Waals surface area contributed by atoms with E-state index in [2.05, 4.69) is 5.32 Å². The Morgan fingerprint density at radius 2 is 1.75 bits per heavy atom. The van der Waals surface area contributed by atoms with E-state index in [4.69, 9.17) is 11.6 Å². The van der Waals surface area contributed by atoms with Crippen LogP contribution in [0.3, 0.4) is 0 Å². The first-order chi connectivity index (χ1) is 13.3. The van der Waals surface area contributed by atoms with E-state index in [0.717, 1.165) is 17.7 Å². The van der Waals surface area contributed by atoms with Gasteiger partial charge in [-0.3, -0.25) is 9.69 Å². The number of carbonyl (C=O) groups is 1.